The van der Waals surface area contributed by atoms with Crippen molar-refractivity contribution in [1.82, 2.24) is 0 Å². The highest BCUT2D eigenvalue weighted by Gasteiger charge is 2.63. The van der Waals surface area contributed by atoms with Crippen LogP contribution in [0.3, 0.4) is 0 Å². The van der Waals surface area contributed by atoms with Crippen molar-refractivity contribution in [3.63, 3.8) is 0 Å². The lowest BCUT2D eigenvalue weighted by Gasteiger charge is -2.54. The zero-order valence-corrected chi connectivity index (χ0v) is 9.01. The average molecular weight is 222 g/mol. The van der Waals surface area contributed by atoms with Gasteiger partial charge in [0, 0.05) is 0 Å². The van der Waals surface area contributed by atoms with Gasteiger partial charge in [-0.3, -0.25) is 0 Å². The Morgan fingerprint density at radius 2 is 1.53 bits per heavy atom. The Kier molecular flexibility index (Phi) is 2.89. The summed E-state index contributed by atoms with van der Waals surface area (Å²) >= 11 is 0. The standard InChI is InChI=1S/C9H18O6/c1-7(12)5(4-10)15-9(3,14)6(11)8(7,2)13/h5-6,10-14H,4H2,1-3H3. The lowest BCUT2D eigenvalue weighted by molar-refractivity contribution is -0.389. The summed E-state index contributed by atoms with van der Waals surface area (Å²) in [6.07, 6.45) is -2.85. The van der Waals surface area contributed by atoms with Crippen molar-refractivity contribution in [2.24, 2.45) is 0 Å². The number of rotatable bonds is 1. The van der Waals surface area contributed by atoms with Gasteiger partial charge in [-0.15, -0.1) is 0 Å². The molecule has 6 heteroatoms. The fraction of sp³-hybridized carbons (Fsp3) is 1.00. The van der Waals surface area contributed by atoms with Crippen LogP contribution in [-0.2, 0) is 4.74 Å². The first-order valence-corrected chi connectivity index (χ1v) is 4.71. The largest absolute Gasteiger partial charge is 0.394 e. The van der Waals surface area contributed by atoms with Gasteiger partial charge in [-0.25, -0.2) is 0 Å². The van der Waals surface area contributed by atoms with E-state index in [1.165, 1.54) is 13.8 Å². The number of ether oxygens (including phenoxy) is 1. The third-order valence-corrected chi connectivity index (χ3v) is 3.24. The topological polar surface area (TPSA) is 110 Å². The van der Waals surface area contributed by atoms with Crippen LogP contribution >= 0.6 is 0 Å². The summed E-state index contributed by atoms with van der Waals surface area (Å²) in [5, 5.41) is 48.2. The summed E-state index contributed by atoms with van der Waals surface area (Å²) in [6.45, 7) is 2.99. The monoisotopic (exact) mass is 222 g/mol. The minimum absolute atomic E-state index is 0.577. The molecule has 0 radical (unpaired) electrons. The Hall–Kier alpha value is -0.240. The van der Waals surface area contributed by atoms with E-state index in [1.807, 2.05) is 0 Å². The SMILES string of the molecule is CC1(O)OC(CO)C(C)(O)C(C)(O)C1O. The van der Waals surface area contributed by atoms with Gasteiger partial charge in [0.15, 0.2) is 5.79 Å². The molecule has 90 valence electrons. The van der Waals surface area contributed by atoms with E-state index in [0.717, 1.165) is 6.92 Å². The van der Waals surface area contributed by atoms with Crippen molar-refractivity contribution in [3.05, 3.63) is 0 Å². The first-order valence-electron chi connectivity index (χ1n) is 4.71. The van der Waals surface area contributed by atoms with Gasteiger partial charge < -0.3 is 30.3 Å². The maximum atomic E-state index is 9.96. The maximum Gasteiger partial charge on any atom is 0.192 e. The molecule has 1 aliphatic rings. The van der Waals surface area contributed by atoms with Gasteiger partial charge in [0.1, 0.15) is 23.4 Å². The van der Waals surface area contributed by atoms with Gasteiger partial charge in [-0.2, -0.15) is 0 Å². The molecule has 0 spiro atoms. The van der Waals surface area contributed by atoms with E-state index in [0.29, 0.717) is 0 Å². The molecule has 15 heavy (non-hydrogen) atoms. The summed E-state index contributed by atoms with van der Waals surface area (Å²) < 4.78 is 4.93. The third-order valence-electron chi connectivity index (χ3n) is 3.24. The van der Waals surface area contributed by atoms with Crippen LogP contribution in [0.25, 0.3) is 0 Å². The average Bonchev–Trinajstić information content (AvgIpc) is 2.10. The fourth-order valence-electron chi connectivity index (χ4n) is 1.81. The molecule has 0 aromatic heterocycles. The fourth-order valence-corrected chi connectivity index (χ4v) is 1.81. The molecule has 1 rings (SSSR count). The van der Waals surface area contributed by atoms with Crippen LogP contribution in [0.5, 0.6) is 0 Å². The Morgan fingerprint density at radius 3 is 1.93 bits per heavy atom. The molecule has 1 fully saturated rings. The molecule has 0 aromatic rings. The molecule has 0 bridgehead atoms. The minimum Gasteiger partial charge on any atom is -0.394 e. The van der Waals surface area contributed by atoms with Crippen molar-refractivity contribution in [2.75, 3.05) is 6.61 Å². The van der Waals surface area contributed by atoms with Crippen LogP contribution in [0, 0.1) is 0 Å². The second-order valence-electron chi connectivity index (χ2n) is 4.54. The molecule has 0 aromatic carbocycles. The van der Waals surface area contributed by atoms with Crippen LogP contribution in [0.2, 0.25) is 0 Å². The summed E-state index contributed by atoms with van der Waals surface area (Å²) in [5.74, 6) is -2.01. The highest BCUT2D eigenvalue weighted by atomic mass is 16.7. The van der Waals surface area contributed by atoms with Crippen LogP contribution < -0.4 is 0 Å². The van der Waals surface area contributed by atoms with E-state index >= 15 is 0 Å². The van der Waals surface area contributed by atoms with Gasteiger partial charge in [0.2, 0.25) is 0 Å². The van der Waals surface area contributed by atoms with Gasteiger partial charge in [0.05, 0.1) is 6.61 Å². The minimum atomic E-state index is -2.01. The molecule has 1 saturated heterocycles. The van der Waals surface area contributed by atoms with Crippen molar-refractivity contribution in [3.8, 4) is 0 Å². The van der Waals surface area contributed by atoms with Crippen molar-refractivity contribution in [1.29, 1.82) is 0 Å². The Morgan fingerprint density at radius 1 is 1.07 bits per heavy atom. The summed E-state index contributed by atoms with van der Waals surface area (Å²) in [7, 11) is 0. The highest BCUT2D eigenvalue weighted by molar-refractivity contribution is 5.10. The van der Waals surface area contributed by atoms with Crippen LogP contribution in [0.15, 0.2) is 0 Å². The van der Waals surface area contributed by atoms with Gasteiger partial charge in [0.25, 0.3) is 0 Å². The van der Waals surface area contributed by atoms with E-state index in [1.54, 1.807) is 0 Å². The molecule has 5 N–H and O–H groups in total. The van der Waals surface area contributed by atoms with E-state index in [-0.39, 0.29) is 0 Å². The summed E-state index contributed by atoms with van der Waals surface area (Å²) in [6, 6.07) is 0. The summed E-state index contributed by atoms with van der Waals surface area (Å²) in [5.41, 5.74) is -3.84. The second kappa shape index (κ2) is 3.38. The Labute approximate surface area is 87.7 Å². The number of aliphatic hydroxyl groups excluding tert-OH is 2. The van der Waals surface area contributed by atoms with Crippen molar-refractivity contribution in [2.45, 2.75) is 50.0 Å². The molecule has 5 atom stereocenters. The van der Waals surface area contributed by atoms with Gasteiger partial charge in [-0.1, -0.05) is 0 Å². The van der Waals surface area contributed by atoms with E-state index in [4.69, 9.17) is 9.84 Å². The second-order valence-corrected chi connectivity index (χ2v) is 4.54. The zero-order chi connectivity index (χ0) is 12.1. The Bertz CT molecular complexity index is 247. The first-order chi connectivity index (χ1) is 6.57. The van der Waals surface area contributed by atoms with Crippen molar-refractivity contribution < 1.29 is 30.3 Å². The van der Waals surface area contributed by atoms with Crippen LogP contribution in [0.1, 0.15) is 20.8 Å². The van der Waals surface area contributed by atoms with E-state index in [9.17, 15) is 20.4 Å². The summed E-state index contributed by atoms with van der Waals surface area (Å²) in [4.78, 5) is 0. The number of hydrogen-bond donors (Lipinski definition) is 5. The van der Waals surface area contributed by atoms with Crippen molar-refractivity contribution >= 4 is 0 Å². The van der Waals surface area contributed by atoms with E-state index < -0.39 is 35.8 Å². The predicted octanol–water partition coefficient (Wildman–Crippen LogP) is -2.05. The van der Waals surface area contributed by atoms with Gasteiger partial charge >= 0.3 is 0 Å². The third kappa shape index (κ3) is 1.67. The molecular formula is C9H18O6. The highest BCUT2D eigenvalue weighted by Crippen LogP contribution is 2.41. The number of aliphatic hydroxyl groups is 5. The molecule has 0 amide bonds. The quantitative estimate of drug-likeness (QED) is 0.349. The smallest absolute Gasteiger partial charge is 0.192 e. The molecule has 1 aliphatic heterocycles. The van der Waals surface area contributed by atoms with Gasteiger partial charge in [-0.05, 0) is 20.8 Å². The molecule has 0 saturated carbocycles. The molecular weight excluding hydrogens is 204 g/mol. The first kappa shape index (κ1) is 12.8. The normalized spacial score (nSPS) is 56.8. The molecule has 1 heterocycles. The molecule has 0 aliphatic carbocycles. The van der Waals surface area contributed by atoms with Crippen LogP contribution in [0.4, 0.5) is 0 Å². The lowest BCUT2D eigenvalue weighted by atomic mass is 9.73. The van der Waals surface area contributed by atoms with E-state index in [2.05, 4.69) is 0 Å². The predicted molar refractivity (Wildman–Crippen MR) is 49.8 cm³/mol. The Balaban J connectivity index is 3.13. The molecule has 6 nitrogen and oxygen atoms in total. The maximum absolute atomic E-state index is 9.96. The zero-order valence-electron chi connectivity index (χ0n) is 9.01. The number of hydrogen-bond acceptors (Lipinski definition) is 6. The van der Waals surface area contributed by atoms with Crippen LogP contribution in [-0.4, -0.2) is 61.3 Å². The lowest BCUT2D eigenvalue weighted by Crippen LogP contribution is -2.75. The molecule has 5 unspecified atom stereocenters.